The Morgan fingerprint density at radius 3 is 2.76 bits per heavy atom. The highest BCUT2D eigenvalue weighted by Crippen LogP contribution is 2.23. The van der Waals surface area contributed by atoms with Crippen LogP contribution in [0.15, 0.2) is 30.3 Å². The zero-order valence-electron chi connectivity index (χ0n) is 12.2. The van der Waals surface area contributed by atoms with Gasteiger partial charge in [-0.3, -0.25) is 14.9 Å². The van der Waals surface area contributed by atoms with E-state index in [2.05, 4.69) is 0 Å². The number of hydrogen-bond donors (Lipinski definition) is 0. The maximum atomic E-state index is 12.3. The Kier molecular flexibility index (Phi) is 5.09. The molecule has 0 heterocycles. The van der Waals surface area contributed by atoms with E-state index in [4.69, 9.17) is 0 Å². The fourth-order valence-electron chi connectivity index (χ4n) is 2.82. The molecule has 112 valence electrons. The number of nitro groups is 1. The summed E-state index contributed by atoms with van der Waals surface area (Å²) in [4.78, 5) is 24.4. The van der Waals surface area contributed by atoms with E-state index in [-0.39, 0.29) is 11.6 Å². The van der Waals surface area contributed by atoms with Crippen molar-refractivity contribution in [1.29, 1.82) is 0 Å². The van der Waals surface area contributed by atoms with Crippen LogP contribution in [-0.4, -0.2) is 28.3 Å². The lowest BCUT2D eigenvalue weighted by Gasteiger charge is -2.26. The summed E-state index contributed by atoms with van der Waals surface area (Å²) in [5.74, 6) is -0.0177. The largest absolute Gasteiger partial charge is 0.336 e. The lowest BCUT2D eigenvalue weighted by Crippen LogP contribution is -2.37. The number of carbonyl (C=O) groups excluding carboxylic acids is 1. The van der Waals surface area contributed by atoms with E-state index in [1.54, 1.807) is 18.2 Å². The second-order valence-electron chi connectivity index (χ2n) is 5.25. The highest BCUT2D eigenvalue weighted by atomic mass is 16.6. The van der Waals surface area contributed by atoms with Gasteiger partial charge in [0.15, 0.2) is 0 Å². The highest BCUT2D eigenvalue weighted by molar-refractivity contribution is 5.92. The summed E-state index contributed by atoms with van der Waals surface area (Å²) >= 11 is 0. The molecular formula is C16H20N2O3. The average molecular weight is 288 g/mol. The molecule has 0 aliphatic heterocycles. The van der Waals surface area contributed by atoms with Gasteiger partial charge in [-0.15, -0.1) is 0 Å². The quantitative estimate of drug-likeness (QED) is 0.474. The van der Waals surface area contributed by atoms with Gasteiger partial charge in [-0.05, 0) is 31.4 Å². The van der Waals surface area contributed by atoms with Crippen LogP contribution in [0.5, 0.6) is 0 Å². The molecule has 0 radical (unpaired) electrons. The Labute approximate surface area is 124 Å². The molecule has 2 rings (SSSR count). The number of non-ortho nitro benzene ring substituents is 1. The summed E-state index contributed by atoms with van der Waals surface area (Å²) in [5.41, 5.74) is 0.702. The number of amides is 1. The van der Waals surface area contributed by atoms with Gasteiger partial charge in [-0.2, -0.15) is 0 Å². The van der Waals surface area contributed by atoms with Crippen molar-refractivity contribution in [1.82, 2.24) is 4.90 Å². The van der Waals surface area contributed by atoms with E-state index < -0.39 is 4.92 Å². The Bertz CT molecular complexity index is 548. The van der Waals surface area contributed by atoms with E-state index in [0.29, 0.717) is 18.2 Å². The first-order chi connectivity index (χ1) is 10.1. The summed E-state index contributed by atoms with van der Waals surface area (Å²) in [6.07, 6.45) is 7.67. The smallest absolute Gasteiger partial charge is 0.270 e. The van der Waals surface area contributed by atoms with Crippen LogP contribution in [0.2, 0.25) is 0 Å². The van der Waals surface area contributed by atoms with E-state index in [9.17, 15) is 14.9 Å². The number of hydrogen-bond acceptors (Lipinski definition) is 3. The Morgan fingerprint density at radius 2 is 2.14 bits per heavy atom. The first kappa shape index (κ1) is 15.2. The Morgan fingerprint density at radius 1 is 1.43 bits per heavy atom. The molecular weight excluding hydrogens is 268 g/mol. The molecule has 5 heteroatoms. The van der Waals surface area contributed by atoms with Crippen LogP contribution in [-0.2, 0) is 4.79 Å². The number of likely N-dealkylation sites (N-methyl/N-ethyl adjacent to an activating group) is 1. The third-order valence-corrected chi connectivity index (χ3v) is 3.89. The van der Waals surface area contributed by atoms with Crippen molar-refractivity contribution < 1.29 is 9.72 Å². The van der Waals surface area contributed by atoms with Crippen molar-refractivity contribution in [2.75, 3.05) is 6.54 Å². The lowest BCUT2D eigenvalue weighted by atomic mass is 10.1. The van der Waals surface area contributed by atoms with Crippen molar-refractivity contribution >= 4 is 17.7 Å². The van der Waals surface area contributed by atoms with Gasteiger partial charge in [-0.1, -0.05) is 25.0 Å². The molecule has 0 bridgehead atoms. The maximum absolute atomic E-state index is 12.3. The van der Waals surface area contributed by atoms with Crippen molar-refractivity contribution in [2.24, 2.45) is 0 Å². The molecule has 0 saturated heterocycles. The SMILES string of the molecule is CCN(C(=O)/C=C/c1cccc([N+](=O)[O-])c1)C1CCCC1. The minimum absolute atomic E-state index is 0.0177. The van der Waals surface area contributed by atoms with Gasteiger partial charge in [0.25, 0.3) is 5.69 Å². The Hall–Kier alpha value is -2.17. The molecule has 1 aliphatic carbocycles. The van der Waals surface area contributed by atoms with Crippen LogP contribution < -0.4 is 0 Å². The highest BCUT2D eigenvalue weighted by Gasteiger charge is 2.23. The van der Waals surface area contributed by atoms with Crippen LogP contribution in [0, 0.1) is 10.1 Å². The lowest BCUT2D eigenvalue weighted by molar-refractivity contribution is -0.384. The molecule has 1 aromatic carbocycles. The van der Waals surface area contributed by atoms with Crippen LogP contribution in [0.3, 0.4) is 0 Å². The van der Waals surface area contributed by atoms with Gasteiger partial charge in [0.05, 0.1) is 4.92 Å². The first-order valence-electron chi connectivity index (χ1n) is 7.35. The van der Waals surface area contributed by atoms with Crippen LogP contribution in [0.4, 0.5) is 5.69 Å². The molecule has 1 amide bonds. The van der Waals surface area contributed by atoms with Crippen molar-refractivity contribution in [3.05, 3.63) is 46.0 Å². The van der Waals surface area contributed by atoms with Gasteiger partial charge in [0.1, 0.15) is 0 Å². The fourth-order valence-corrected chi connectivity index (χ4v) is 2.82. The zero-order chi connectivity index (χ0) is 15.2. The standard InChI is InChI=1S/C16H20N2O3/c1-2-17(14-7-3-4-8-14)16(19)11-10-13-6-5-9-15(12-13)18(20)21/h5-6,9-12,14H,2-4,7-8H2,1H3/b11-10+. The summed E-state index contributed by atoms with van der Waals surface area (Å²) < 4.78 is 0. The Balaban J connectivity index is 2.06. The minimum atomic E-state index is -0.434. The van der Waals surface area contributed by atoms with Crippen molar-refractivity contribution in [3.63, 3.8) is 0 Å². The molecule has 0 spiro atoms. The van der Waals surface area contributed by atoms with Gasteiger partial charge in [0, 0.05) is 30.8 Å². The van der Waals surface area contributed by atoms with Crippen molar-refractivity contribution in [2.45, 2.75) is 38.6 Å². The van der Waals surface area contributed by atoms with Gasteiger partial charge < -0.3 is 4.90 Å². The zero-order valence-corrected chi connectivity index (χ0v) is 12.2. The van der Waals surface area contributed by atoms with Crippen LogP contribution in [0.25, 0.3) is 6.08 Å². The van der Waals surface area contributed by atoms with Crippen molar-refractivity contribution in [3.8, 4) is 0 Å². The van der Waals surface area contributed by atoms with Crippen LogP contribution >= 0.6 is 0 Å². The molecule has 0 N–H and O–H groups in total. The normalized spacial score (nSPS) is 15.5. The molecule has 1 aliphatic rings. The molecule has 5 nitrogen and oxygen atoms in total. The predicted molar refractivity (Wildman–Crippen MR) is 81.8 cm³/mol. The second kappa shape index (κ2) is 7.02. The van der Waals surface area contributed by atoms with Gasteiger partial charge >= 0.3 is 0 Å². The monoisotopic (exact) mass is 288 g/mol. The maximum Gasteiger partial charge on any atom is 0.270 e. The van der Waals surface area contributed by atoms with E-state index in [0.717, 1.165) is 12.8 Å². The number of carbonyl (C=O) groups is 1. The minimum Gasteiger partial charge on any atom is -0.336 e. The molecule has 0 atom stereocenters. The van der Waals surface area contributed by atoms with Gasteiger partial charge in [-0.25, -0.2) is 0 Å². The van der Waals surface area contributed by atoms with E-state index in [1.807, 2.05) is 11.8 Å². The third-order valence-electron chi connectivity index (χ3n) is 3.89. The summed E-state index contributed by atoms with van der Waals surface area (Å²) in [6, 6.07) is 6.63. The average Bonchev–Trinajstić information content (AvgIpc) is 3.00. The first-order valence-corrected chi connectivity index (χ1v) is 7.35. The third kappa shape index (κ3) is 3.90. The molecule has 0 unspecified atom stereocenters. The molecule has 1 aromatic rings. The number of rotatable bonds is 5. The van der Waals surface area contributed by atoms with Gasteiger partial charge in [0.2, 0.25) is 5.91 Å². The topological polar surface area (TPSA) is 63.5 Å². The summed E-state index contributed by atoms with van der Waals surface area (Å²) in [5, 5.41) is 10.7. The van der Waals surface area contributed by atoms with E-state index in [1.165, 1.54) is 31.1 Å². The van der Waals surface area contributed by atoms with E-state index >= 15 is 0 Å². The van der Waals surface area contributed by atoms with Crippen LogP contribution in [0.1, 0.15) is 38.2 Å². The fraction of sp³-hybridized carbons (Fsp3) is 0.438. The number of benzene rings is 1. The summed E-state index contributed by atoms with van der Waals surface area (Å²) in [7, 11) is 0. The molecule has 1 saturated carbocycles. The molecule has 1 fully saturated rings. The number of nitro benzene ring substituents is 1. The molecule has 21 heavy (non-hydrogen) atoms. The summed E-state index contributed by atoms with van der Waals surface area (Å²) in [6.45, 7) is 2.68. The second-order valence-corrected chi connectivity index (χ2v) is 5.25. The predicted octanol–water partition coefficient (Wildman–Crippen LogP) is 3.40. The molecule has 0 aromatic heterocycles. The number of nitrogens with zero attached hydrogens (tertiary/aromatic N) is 2.